The summed E-state index contributed by atoms with van der Waals surface area (Å²) in [5, 5.41) is 0. The van der Waals surface area contributed by atoms with E-state index in [1.807, 2.05) is 45.9 Å². The molecule has 1 aliphatic carbocycles. The fourth-order valence-corrected chi connectivity index (χ4v) is 4.71. The fourth-order valence-electron chi connectivity index (χ4n) is 4.71. The maximum absolute atomic E-state index is 13.4. The second-order valence-corrected chi connectivity index (χ2v) is 9.75. The van der Waals surface area contributed by atoms with Gasteiger partial charge >= 0.3 is 5.97 Å². The molecule has 0 aromatic heterocycles. The zero-order chi connectivity index (χ0) is 23.6. The van der Waals surface area contributed by atoms with Crippen LogP contribution in [0.3, 0.4) is 0 Å². The number of Topliss-reactive ketones (excluding diaryl/α,β-unsaturated/α-hetero) is 1. The van der Waals surface area contributed by atoms with Gasteiger partial charge in [-0.25, -0.2) is 4.79 Å². The number of esters is 1. The Hall–Kier alpha value is -2.63. The number of hydrogen-bond donors (Lipinski definition) is 0. The van der Waals surface area contributed by atoms with Crippen LogP contribution in [-0.2, 0) is 14.3 Å². The molecule has 1 aliphatic heterocycles. The van der Waals surface area contributed by atoms with E-state index in [9.17, 15) is 9.59 Å². The first-order chi connectivity index (χ1) is 15.1. The van der Waals surface area contributed by atoms with Crippen LogP contribution in [-0.4, -0.2) is 37.3 Å². The van der Waals surface area contributed by atoms with Crippen LogP contribution in [0.2, 0.25) is 0 Å². The first-order valence-electron chi connectivity index (χ1n) is 11.4. The average Bonchev–Trinajstić information content (AvgIpc) is 2.69. The molecule has 1 aromatic rings. The van der Waals surface area contributed by atoms with Gasteiger partial charge in [0, 0.05) is 23.7 Å². The minimum Gasteiger partial charge on any atom is -0.493 e. The standard InChI is InChI=1S/C26H35NO5/c1-8-11-31-20-10-9-17(12-21(20)30-7)23-22(25(29)32-15(2)3)16(4)27-18-13-26(5,6)14-19(28)24(18)23/h9-10,12,15,23-24H,8,11,13-14H2,1-7H3/t23-,24?/m0/s1. The highest BCUT2D eigenvalue weighted by Crippen LogP contribution is 2.48. The highest BCUT2D eigenvalue weighted by Gasteiger charge is 2.48. The third-order valence-electron chi connectivity index (χ3n) is 5.93. The van der Waals surface area contributed by atoms with Crippen molar-refractivity contribution in [1.29, 1.82) is 0 Å². The van der Waals surface area contributed by atoms with Gasteiger partial charge in [0.1, 0.15) is 5.78 Å². The van der Waals surface area contributed by atoms with Crippen molar-refractivity contribution in [2.45, 2.75) is 72.8 Å². The third-order valence-corrected chi connectivity index (χ3v) is 5.93. The lowest BCUT2D eigenvalue weighted by molar-refractivity contribution is -0.143. The quantitative estimate of drug-likeness (QED) is 0.540. The van der Waals surface area contributed by atoms with Crippen LogP contribution in [0.1, 0.15) is 72.3 Å². The lowest BCUT2D eigenvalue weighted by Gasteiger charge is -2.41. The summed E-state index contributed by atoms with van der Waals surface area (Å²) in [6.45, 7) is 12.3. The largest absolute Gasteiger partial charge is 0.493 e. The summed E-state index contributed by atoms with van der Waals surface area (Å²) < 4.78 is 17.0. The van der Waals surface area contributed by atoms with Crippen molar-refractivity contribution in [3.05, 3.63) is 35.0 Å². The number of allylic oxidation sites excluding steroid dienone is 1. The SMILES string of the molecule is CCCOc1ccc([C@H]2C(C(=O)OC(C)C)=C(C)N=C3CC(C)(C)CC(=O)C32)cc1OC. The lowest BCUT2D eigenvalue weighted by Crippen LogP contribution is -2.44. The minimum atomic E-state index is -0.478. The van der Waals surface area contributed by atoms with Crippen LogP contribution < -0.4 is 9.47 Å². The molecular weight excluding hydrogens is 406 g/mol. The van der Waals surface area contributed by atoms with Crippen molar-refractivity contribution in [3.63, 3.8) is 0 Å². The van der Waals surface area contributed by atoms with Crippen molar-refractivity contribution in [2.75, 3.05) is 13.7 Å². The molecule has 6 nitrogen and oxygen atoms in total. The van der Waals surface area contributed by atoms with Crippen molar-refractivity contribution < 1.29 is 23.8 Å². The van der Waals surface area contributed by atoms with Gasteiger partial charge < -0.3 is 14.2 Å². The van der Waals surface area contributed by atoms with Crippen LogP contribution in [0.4, 0.5) is 0 Å². The predicted octanol–water partition coefficient (Wildman–Crippen LogP) is 5.25. The molecule has 2 aliphatic rings. The molecule has 1 aromatic carbocycles. The first-order valence-corrected chi connectivity index (χ1v) is 11.4. The molecule has 0 N–H and O–H groups in total. The van der Waals surface area contributed by atoms with Gasteiger partial charge in [-0.2, -0.15) is 0 Å². The molecule has 0 radical (unpaired) electrons. The summed E-state index contributed by atoms with van der Waals surface area (Å²) in [5.74, 6) is -0.0328. The molecular formula is C26H35NO5. The minimum absolute atomic E-state index is 0.109. The Morgan fingerprint density at radius 2 is 1.91 bits per heavy atom. The van der Waals surface area contributed by atoms with E-state index in [4.69, 9.17) is 19.2 Å². The zero-order valence-electron chi connectivity index (χ0n) is 20.3. The first kappa shape index (κ1) is 24.0. The van der Waals surface area contributed by atoms with Crippen LogP contribution >= 0.6 is 0 Å². The van der Waals surface area contributed by atoms with E-state index >= 15 is 0 Å². The van der Waals surface area contributed by atoms with Gasteiger partial charge in [0.15, 0.2) is 11.5 Å². The Morgan fingerprint density at radius 1 is 1.19 bits per heavy atom. The Balaban J connectivity index is 2.14. The number of ether oxygens (including phenoxy) is 3. The van der Waals surface area contributed by atoms with Crippen LogP contribution in [0, 0.1) is 11.3 Å². The summed E-state index contributed by atoms with van der Waals surface area (Å²) in [5.41, 5.74) is 2.58. The fraction of sp³-hybridized carbons (Fsp3) is 0.577. The number of fused-ring (bicyclic) bond motifs is 1. The Labute approximate surface area is 191 Å². The Kier molecular flexibility index (Phi) is 7.11. The molecule has 3 rings (SSSR count). The van der Waals surface area contributed by atoms with Gasteiger partial charge in [-0.05, 0) is 56.7 Å². The van der Waals surface area contributed by atoms with Gasteiger partial charge in [-0.1, -0.05) is 26.8 Å². The highest BCUT2D eigenvalue weighted by atomic mass is 16.5. The summed E-state index contributed by atoms with van der Waals surface area (Å²) in [7, 11) is 1.59. The number of methoxy groups -OCH3 is 1. The zero-order valence-corrected chi connectivity index (χ0v) is 20.3. The molecule has 0 bridgehead atoms. The monoisotopic (exact) mass is 441 g/mol. The van der Waals surface area contributed by atoms with Gasteiger partial charge in [0.2, 0.25) is 0 Å². The van der Waals surface area contributed by atoms with Crippen molar-refractivity contribution in [3.8, 4) is 11.5 Å². The van der Waals surface area contributed by atoms with Crippen LogP contribution in [0.25, 0.3) is 0 Å². The topological polar surface area (TPSA) is 74.2 Å². The number of ketones is 1. The molecule has 0 saturated heterocycles. The number of aliphatic imine (C=N–C) groups is 1. The van der Waals surface area contributed by atoms with E-state index in [1.165, 1.54) is 0 Å². The van der Waals surface area contributed by atoms with Crippen LogP contribution in [0.15, 0.2) is 34.5 Å². The van der Waals surface area contributed by atoms with E-state index in [-0.39, 0.29) is 17.3 Å². The summed E-state index contributed by atoms with van der Waals surface area (Å²) >= 11 is 0. The van der Waals surface area contributed by atoms with Gasteiger partial charge in [-0.15, -0.1) is 0 Å². The number of carbonyl (C=O) groups excluding carboxylic acids is 2. The summed E-state index contributed by atoms with van der Waals surface area (Å²) in [4.78, 5) is 31.3. The van der Waals surface area contributed by atoms with E-state index in [2.05, 4.69) is 13.8 Å². The Morgan fingerprint density at radius 3 is 2.53 bits per heavy atom. The number of carbonyl (C=O) groups is 2. The maximum atomic E-state index is 13.4. The molecule has 6 heteroatoms. The van der Waals surface area contributed by atoms with Gasteiger partial charge in [-0.3, -0.25) is 9.79 Å². The van der Waals surface area contributed by atoms with E-state index < -0.39 is 17.8 Å². The second kappa shape index (κ2) is 9.47. The van der Waals surface area contributed by atoms with E-state index in [0.29, 0.717) is 35.8 Å². The van der Waals surface area contributed by atoms with Crippen molar-refractivity contribution >= 4 is 17.5 Å². The number of rotatable bonds is 7. The van der Waals surface area contributed by atoms with Crippen molar-refractivity contribution in [2.24, 2.45) is 16.3 Å². The number of benzene rings is 1. The molecule has 0 amide bonds. The molecule has 0 spiro atoms. The Bertz CT molecular complexity index is 957. The number of nitrogens with zero attached hydrogens (tertiary/aromatic N) is 1. The van der Waals surface area contributed by atoms with Crippen LogP contribution in [0.5, 0.6) is 11.5 Å². The molecule has 32 heavy (non-hydrogen) atoms. The molecule has 1 fully saturated rings. The highest BCUT2D eigenvalue weighted by molar-refractivity contribution is 6.12. The molecule has 2 atom stereocenters. The third kappa shape index (κ3) is 4.89. The lowest BCUT2D eigenvalue weighted by atomic mass is 9.63. The average molecular weight is 442 g/mol. The maximum Gasteiger partial charge on any atom is 0.336 e. The predicted molar refractivity (Wildman–Crippen MR) is 124 cm³/mol. The van der Waals surface area contributed by atoms with Gasteiger partial charge in [0.25, 0.3) is 0 Å². The van der Waals surface area contributed by atoms with E-state index in [0.717, 1.165) is 24.1 Å². The normalized spacial score (nSPS) is 22.4. The molecule has 1 saturated carbocycles. The molecule has 1 heterocycles. The van der Waals surface area contributed by atoms with E-state index in [1.54, 1.807) is 7.11 Å². The molecule has 1 unspecified atom stereocenters. The second-order valence-electron chi connectivity index (χ2n) is 9.75. The van der Waals surface area contributed by atoms with Crippen molar-refractivity contribution in [1.82, 2.24) is 0 Å². The molecule has 174 valence electrons. The summed E-state index contributed by atoms with van der Waals surface area (Å²) in [6, 6.07) is 5.65. The summed E-state index contributed by atoms with van der Waals surface area (Å²) in [6.07, 6.45) is 1.79. The van der Waals surface area contributed by atoms with Gasteiger partial charge in [0.05, 0.1) is 31.3 Å². The number of hydrogen-bond acceptors (Lipinski definition) is 6. The smallest absolute Gasteiger partial charge is 0.336 e.